The highest BCUT2D eigenvalue weighted by Crippen LogP contribution is 2.43. The van der Waals surface area contributed by atoms with Gasteiger partial charge in [0, 0.05) is 16.6 Å². The minimum Gasteiger partial charge on any atom is -0.493 e. The summed E-state index contributed by atoms with van der Waals surface area (Å²) in [5.74, 6) is 0.397. The zero-order valence-electron chi connectivity index (χ0n) is 22.6. The Kier molecular flexibility index (Phi) is 7.53. The van der Waals surface area contributed by atoms with Crippen molar-refractivity contribution in [2.24, 2.45) is 0 Å². The van der Waals surface area contributed by atoms with Gasteiger partial charge in [-0.25, -0.2) is 9.37 Å². The number of carbonyl (C=O) groups excluding carboxylic acids is 1. The van der Waals surface area contributed by atoms with Gasteiger partial charge in [-0.15, -0.1) is 11.3 Å². The highest BCUT2D eigenvalue weighted by Gasteiger charge is 2.22. The molecule has 0 bridgehead atoms. The van der Waals surface area contributed by atoms with Gasteiger partial charge in [-0.3, -0.25) is 4.79 Å². The number of aromatic nitrogens is 1. The first-order chi connectivity index (χ1) is 20.5. The van der Waals surface area contributed by atoms with Gasteiger partial charge in [-0.2, -0.15) is 0 Å². The maximum atomic E-state index is 13.4. The average molecular weight is 576 g/mol. The number of nitrogen functional groups attached to an aromatic ring is 1. The molecule has 6 aromatic rings. The Morgan fingerprint density at radius 1 is 0.881 bits per heavy atom. The maximum Gasteiger partial charge on any atom is 0.267 e. The van der Waals surface area contributed by atoms with Gasteiger partial charge in [-0.1, -0.05) is 66.7 Å². The van der Waals surface area contributed by atoms with Crippen LogP contribution in [0.2, 0.25) is 0 Å². The van der Waals surface area contributed by atoms with Gasteiger partial charge >= 0.3 is 0 Å². The molecule has 0 aliphatic rings. The molecule has 0 aliphatic heterocycles. The normalized spacial score (nSPS) is 10.9. The molecular weight excluding hydrogens is 549 g/mol. The Labute approximate surface area is 246 Å². The molecule has 0 aliphatic carbocycles. The van der Waals surface area contributed by atoms with E-state index in [4.69, 9.17) is 20.2 Å². The summed E-state index contributed by atoms with van der Waals surface area (Å²) in [5.41, 5.74) is 11.8. The third-order valence-electron chi connectivity index (χ3n) is 6.79. The van der Waals surface area contributed by atoms with Gasteiger partial charge in [0.05, 0.1) is 18.5 Å². The molecule has 42 heavy (non-hydrogen) atoms. The summed E-state index contributed by atoms with van der Waals surface area (Å²) in [6, 6.07) is 33.0. The van der Waals surface area contributed by atoms with Crippen LogP contribution in [0.15, 0.2) is 109 Å². The van der Waals surface area contributed by atoms with E-state index in [-0.39, 0.29) is 5.82 Å². The standard InChI is InChI=1S/C34H26FN3O3S/c1-40-29-18-23(12-17-28(29)41-20-21-8-4-2-5-9-21)26-19-27(22-10-6-3-7-11-22)38-34-30(26)31(36)32(42-34)33(39)37-25-15-13-24(35)14-16-25/h2-19H,20,36H2,1H3,(H,37,39). The first kappa shape index (κ1) is 27.0. The lowest BCUT2D eigenvalue weighted by Gasteiger charge is -2.14. The van der Waals surface area contributed by atoms with Gasteiger partial charge in [-0.05, 0) is 59.2 Å². The second-order valence-corrected chi connectivity index (χ2v) is 10.5. The van der Waals surface area contributed by atoms with Crippen molar-refractivity contribution in [1.82, 2.24) is 4.98 Å². The summed E-state index contributed by atoms with van der Waals surface area (Å²) in [5, 5.41) is 3.48. The SMILES string of the molecule is COc1cc(-c2cc(-c3ccccc3)nc3sc(C(=O)Nc4ccc(F)cc4)c(N)c23)ccc1OCc1ccccc1. The fraction of sp³-hybridized carbons (Fsp3) is 0.0588. The van der Waals surface area contributed by atoms with E-state index in [0.29, 0.717) is 44.6 Å². The molecule has 0 fully saturated rings. The van der Waals surface area contributed by atoms with Gasteiger partial charge in [0.2, 0.25) is 0 Å². The van der Waals surface area contributed by atoms with Crippen molar-refractivity contribution in [3.63, 3.8) is 0 Å². The number of hydrogen-bond donors (Lipinski definition) is 2. The lowest BCUT2D eigenvalue weighted by Crippen LogP contribution is -2.11. The number of pyridine rings is 1. The van der Waals surface area contributed by atoms with E-state index in [1.165, 1.54) is 35.6 Å². The van der Waals surface area contributed by atoms with Crippen LogP contribution in [0.5, 0.6) is 11.5 Å². The summed E-state index contributed by atoms with van der Waals surface area (Å²) in [6.07, 6.45) is 0. The molecule has 208 valence electrons. The second kappa shape index (κ2) is 11.7. The molecular formula is C34H26FN3O3S. The van der Waals surface area contributed by atoms with Crippen molar-refractivity contribution < 1.29 is 18.7 Å². The number of nitrogens with one attached hydrogen (secondary N) is 1. The van der Waals surface area contributed by atoms with Crippen LogP contribution in [0.3, 0.4) is 0 Å². The van der Waals surface area contributed by atoms with Crippen LogP contribution in [0.1, 0.15) is 15.2 Å². The van der Waals surface area contributed by atoms with Gasteiger partial charge in [0.15, 0.2) is 11.5 Å². The molecule has 0 unspecified atom stereocenters. The molecule has 2 heterocycles. The third-order valence-corrected chi connectivity index (χ3v) is 7.89. The molecule has 1 amide bonds. The zero-order chi connectivity index (χ0) is 29.1. The van der Waals surface area contributed by atoms with E-state index in [1.54, 1.807) is 7.11 Å². The van der Waals surface area contributed by atoms with Crippen molar-refractivity contribution in [3.05, 3.63) is 125 Å². The first-order valence-electron chi connectivity index (χ1n) is 13.2. The van der Waals surface area contributed by atoms with E-state index < -0.39 is 5.91 Å². The molecule has 0 saturated carbocycles. The Morgan fingerprint density at radius 2 is 1.60 bits per heavy atom. The summed E-state index contributed by atoms with van der Waals surface area (Å²) in [6.45, 7) is 0.401. The predicted octanol–water partition coefficient (Wildman–Crippen LogP) is 8.19. The van der Waals surface area contributed by atoms with Crippen LogP contribution >= 0.6 is 11.3 Å². The van der Waals surface area contributed by atoms with E-state index >= 15 is 0 Å². The number of carbonyl (C=O) groups is 1. The summed E-state index contributed by atoms with van der Waals surface area (Å²) in [4.78, 5) is 19.1. The quantitative estimate of drug-likeness (QED) is 0.191. The number of benzene rings is 4. The number of anilines is 2. The Bertz CT molecular complexity index is 1870. The third kappa shape index (κ3) is 5.53. The summed E-state index contributed by atoms with van der Waals surface area (Å²) >= 11 is 1.21. The van der Waals surface area contributed by atoms with Gasteiger partial charge in [0.25, 0.3) is 5.91 Å². The second-order valence-electron chi connectivity index (χ2n) is 9.55. The van der Waals surface area contributed by atoms with Crippen molar-refractivity contribution >= 4 is 38.8 Å². The number of fused-ring (bicyclic) bond motifs is 1. The fourth-order valence-corrected chi connectivity index (χ4v) is 5.70. The number of thiophene rings is 1. The average Bonchev–Trinajstić information content (AvgIpc) is 3.37. The number of halogens is 1. The lowest BCUT2D eigenvalue weighted by atomic mass is 9.99. The topological polar surface area (TPSA) is 86.5 Å². The van der Waals surface area contributed by atoms with Crippen LogP contribution in [-0.2, 0) is 6.61 Å². The highest BCUT2D eigenvalue weighted by molar-refractivity contribution is 7.21. The number of ether oxygens (including phenoxy) is 2. The molecule has 2 aromatic heterocycles. The molecule has 0 radical (unpaired) electrons. The molecule has 8 heteroatoms. The number of rotatable bonds is 8. The van der Waals surface area contributed by atoms with Gasteiger partial charge < -0.3 is 20.5 Å². The summed E-state index contributed by atoms with van der Waals surface area (Å²) in [7, 11) is 1.60. The lowest BCUT2D eigenvalue weighted by molar-refractivity contribution is 0.103. The first-order valence-corrected chi connectivity index (χ1v) is 14.0. The number of methoxy groups -OCH3 is 1. The Hall–Kier alpha value is -5.21. The highest BCUT2D eigenvalue weighted by atomic mass is 32.1. The van der Waals surface area contributed by atoms with E-state index in [0.717, 1.165) is 27.9 Å². The van der Waals surface area contributed by atoms with Crippen molar-refractivity contribution in [2.75, 3.05) is 18.2 Å². The Morgan fingerprint density at radius 3 is 2.31 bits per heavy atom. The number of nitrogens with zero attached hydrogens (tertiary/aromatic N) is 1. The van der Waals surface area contributed by atoms with E-state index in [1.807, 2.05) is 84.9 Å². The fourth-order valence-electron chi connectivity index (χ4n) is 4.68. The van der Waals surface area contributed by atoms with Crippen molar-refractivity contribution in [1.29, 1.82) is 0 Å². The molecule has 0 spiro atoms. The van der Waals surface area contributed by atoms with Gasteiger partial charge in [0.1, 0.15) is 22.1 Å². The smallest absolute Gasteiger partial charge is 0.267 e. The minimum absolute atomic E-state index is 0.320. The summed E-state index contributed by atoms with van der Waals surface area (Å²) < 4.78 is 25.2. The number of nitrogens with two attached hydrogens (primary N) is 1. The van der Waals surface area contributed by atoms with Crippen LogP contribution in [0, 0.1) is 5.82 Å². The van der Waals surface area contributed by atoms with Crippen LogP contribution in [0.4, 0.5) is 15.8 Å². The predicted molar refractivity (Wildman–Crippen MR) is 167 cm³/mol. The largest absolute Gasteiger partial charge is 0.493 e. The van der Waals surface area contributed by atoms with Crippen molar-refractivity contribution in [2.45, 2.75) is 6.61 Å². The minimum atomic E-state index is -0.392. The van der Waals surface area contributed by atoms with Crippen LogP contribution < -0.4 is 20.5 Å². The molecule has 6 rings (SSSR count). The molecule has 3 N–H and O–H groups in total. The number of hydrogen-bond acceptors (Lipinski definition) is 6. The molecule has 0 saturated heterocycles. The van der Waals surface area contributed by atoms with E-state index in [9.17, 15) is 9.18 Å². The number of amides is 1. The molecule has 0 atom stereocenters. The van der Waals surface area contributed by atoms with E-state index in [2.05, 4.69) is 5.32 Å². The maximum absolute atomic E-state index is 13.4. The van der Waals surface area contributed by atoms with Crippen molar-refractivity contribution in [3.8, 4) is 33.9 Å². The zero-order valence-corrected chi connectivity index (χ0v) is 23.5. The monoisotopic (exact) mass is 575 g/mol. The van der Waals surface area contributed by atoms with Crippen LogP contribution in [0.25, 0.3) is 32.6 Å². The Balaban J connectivity index is 1.43. The molecule has 4 aromatic carbocycles. The van der Waals surface area contributed by atoms with Crippen LogP contribution in [-0.4, -0.2) is 18.0 Å². The molecule has 6 nitrogen and oxygen atoms in total.